The van der Waals surface area contributed by atoms with Crippen molar-refractivity contribution < 1.29 is 22.7 Å². The Hall–Kier alpha value is -0.940. The van der Waals surface area contributed by atoms with Crippen molar-refractivity contribution in [3.63, 3.8) is 0 Å². The topological polar surface area (TPSA) is 29.5 Å². The van der Waals surface area contributed by atoms with Gasteiger partial charge in [-0.2, -0.15) is 0 Å². The monoisotopic (exact) mass is 183 g/mol. The number of carbonyl (C=O) groups excluding carboxylic acids is 1. The van der Waals surface area contributed by atoms with Crippen LogP contribution >= 0.6 is 0 Å². The Morgan fingerprint density at radius 1 is 1.50 bits per heavy atom. The summed E-state index contributed by atoms with van der Waals surface area (Å²) in [6.45, 7) is 2.53. The molecule has 0 aliphatic carbocycles. The molecule has 1 fully saturated rings. The molecule has 0 saturated carbocycles. The molecule has 0 aromatic carbocycles. The predicted octanol–water partition coefficient (Wildman–Crippen LogP) is 1.59. The van der Waals surface area contributed by atoms with E-state index < -0.39 is 12.5 Å². The highest BCUT2D eigenvalue weighted by Crippen LogP contribution is 2.21. The summed E-state index contributed by atoms with van der Waals surface area (Å²) in [5, 5.41) is 0. The van der Waals surface area contributed by atoms with Crippen LogP contribution in [0.25, 0.3) is 0 Å². The largest absolute Gasteiger partial charge is 0.576 e. The van der Waals surface area contributed by atoms with Crippen molar-refractivity contribution in [1.82, 2.24) is 4.90 Å². The number of nitrogens with zero attached hydrogens (tertiary/aromatic N) is 1. The van der Waals surface area contributed by atoms with Gasteiger partial charge in [-0.05, 0) is 5.92 Å². The molecule has 1 rings (SSSR count). The summed E-state index contributed by atoms with van der Waals surface area (Å²) < 4.78 is 37.5. The molecule has 0 bridgehead atoms. The molecule has 6 heteroatoms. The highest BCUT2D eigenvalue weighted by Gasteiger charge is 2.38. The second-order valence-electron chi connectivity index (χ2n) is 2.82. The molecule has 70 valence electrons. The first-order valence-electron chi connectivity index (χ1n) is 3.43. The highest BCUT2D eigenvalue weighted by molar-refractivity contribution is 5.68. The lowest BCUT2D eigenvalue weighted by molar-refractivity contribution is -0.296. The minimum absolute atomic E-state index is 0.269. The Kier molecular flexibility index (Phi) is 2.16. The minimum Gasteiger partial charge on any atom is -0.356 e. The maximum atomic E-state index is 11.5. The number of ether oxygens (including phenoxy) is 1. The molecule has 12 heavy (non-hydrogen) atoms. The van der Waals surface area contributed by atoms with Gasteiger partial charge >= 0.3 is 12.5 Å². The van der Waals surface area contributed by atoms with Crippen molar-refractivity contribution in [1.29, 1.82) is 0 Å². The first-order valence-corrected chi connectivity index (χ1v) is 3.43. The van der Waals surface area contributed by atoms with Crippen LogP contribution in [0.5, 0.6) is 0 Å². The molecular weight excluding hydrogens is 175 g/mol. The Morgan fingerprint density at radius 2 is 2.00 bits per heavy atom. The van der Waals surface area contributed by atoms with Crippen molar-refractivity contribution in [2.45, 2.75) is 13.3 Å². The highest BCUT2D eigenvalue weighted by atomic mass is 19.4. The van der Waals surface area contributed by atoms with Gasteiger partial charge in [0.2, 0.25) is 0 Å². The molecule has 0 spiro atoms. The number of hydrogen-bond donors (Lipinski definition) is 0. The molecule has 0 aromatic rings. The van der Waals surface area contributed by atoms with E-state index in [0.717, 1.165) is 4.90 Å². The Bertz CT molecular complexity index is 186. The summed E-state index contributed by atoms with van der Waals surface area (Å²) in [6.07, 6.45) is -6.17. The lowest BCUT2D eigenvalue weighted by Crippen LogP contribution is -2.50. The van der Waals surface area contributed by atoms with Crippen molar-refractivity contribution >= 4 is 6.09 Å². The van der Waals surface area contributed by atoms with E-state index in [0.29, 0.717) is 13.1 Å². The van der Waals surface area contributed by atoms with E-state index in [1.165, 1.54) is 0 Å². The summed E-state index contributed by atoms with van der Waals surface area (Å²) in [4.78, 5) is 11.6. The average Bonchev–Trinajstić information content (AvgIpc) is 1.76. The van der Waals surface area contributed by atoms with E-state index in [1.54, 1.807) is 0 Å². The molecule has 3 nitrogen and oxygen atoms in total. The first kappa shape index (κ1) is 9.15. The van der Waals surface area contributed by atoms with E-state index in [1.807, 2.05) is 6.92 Å². The van der Waals surface area contributed by atoms with Gasteiger partial charge in [-0.25, -0.2) is 4.79 Å². The fourth-order valence-corrected chi connectivity index (χ4v) is 1.01. The molecule has 1 heterocycles. The molecule has 1 saturated heterocycles. The minimum atomic E-state index is -4.87. The molecule has 1 amide bonds. The third kappa shape index (κ3) is 2.28. The number of carbonyl (C=O) groups is 1. The zero-order valence-corrected chi connectivity index (χ0v) is 6.39. The van der Waals surface area contributed by atoms with Gasteiger partial charge in [-0.3, -0.25) is 0 Å². The van der Waals surface area contributed by atoms with Crippen LogP contribution in [0, 0.1) is 5.92 Å². The molecule has 1 aliphatic rings. The molecule has 0 aromatic heterocycles. The fourth-order valence-electron chi connectivity index (χ4n) is 1.01. The van der Waals surface area contributed by atoms with Gasteiger partial charge in [-0.1, -0.05) is 6.92 Å². The fraction of sp³-hybridized carbons (Fsp3) is 0.833. The second-order valence-corrected chi connectivity index (χ2v) is 2.82. The number of alkyl halides is 3. The molecule has 1 aliphatic heterocycles. The maximum Gasteiger partial charge on any atom is 0.576 e. The van der Waals surface area contributed by atoms with Crippen molar-refractivity contribution in [2.75, 3.05) is 13.1 Å². The van der Waals surface area contributed by atoms with Crippen LogP contribution in [-0.2, 0) is 4.74 Å². The SMILES string of the molecule is CC1CN(C(=O)OC(F)(F)F)C1. The molecule has 0 radical (unpaired) electrons. The van der Waals surface area contributed by atoms with Gasteiger partial charge in [0.15, 0.2) is 0 Å². The number of hydrogen-bond acceptors (Lipinski definition) is 2. The lowest BCUT2D eigenvalue weighted by Gasteiger charge is -2.35. The number of halogens is 3. The van der Waals surface area contributed by atoms with E-state index in [2.05, 4.69) is 4.74 Å². The Morgan fingerprint density at radius 3 is 2.33 bits per heavy atom. The van der Waals surface area contributed by atoms with E-state index >= 15 is 0 Å². The van der Waals surface area contributed by atoms with Crippen LogP contribution in [0.15, 0.2) is 0 Å². The van der Waals surface area contributed by atoms with Crippen LogP contribution in [0.3, 0.4) is 0 Å². The van der Waals surface area contributed by atoms with Crippen LogP contribution in [-0.4, -0.2) is 30.4 Å². The van der Waals surface area contributed by atoms with E-state index in [4.69, 9.17) is 0 Å². The van der Waals surface area contributed by atoms with Crippen LogP contribution in [0.2, 0.25) is 0 Å². The Labute approximate surface area is 67.1 Å². The van der Waals surface area contributed by atoms with Crippen LogP contribution in [0.1, 0.15) is 6.92 Å². The summed E-state index contributed by atoms with van der Waals surface area (Å²) in [5.41, 5.74) is 0. The number of rotatable bonds is 0. The summed E-state index contributed by atoms with van der Waals surface area (Å²) >= 11 is 0. The lowest BCUT2D eigenvalue weighted by atomic mass is 10.0. The van der Waals surface area contributed by atoms with Gasteiger partial charge in [0.25, 0.3) is 0 Å². The molecule has 0 unspecified atom stereocenters. The summed E-state index contributed by atoms with van der Waals surface area (Å²) in [7, 11) is 0. The zero-order valence-electron chi connectivity index (χ0n) is 6.39. The van der Waals surface area contributed by atoms with Crippen molar-refractivity contribution in [3.05, 3.63) is 0 Å². The summed E-state index contributed by atoms with van der Waals surface area (Å²) in [6, 6.07) is 0. The van der Waals surface area contributed by atoms with Gasteiger partial charge in [0, 0.05) is 13.1 Å². The molecule has 0 atom stereocenters. The average molecular weight is 183 g/mol. The van der Waals surface area contributed by atoms with Gasteiger partial charge in [-0.15, -0.1) is 13.2 Å². The quantitative estimate of drug-likeness (QED) is 0.570. The van der Waals surface area contributed by atoms with Crippen molar-refractivity contribution in [2.24, 2.45) is 5.92 Å². The molecule has 0 N–H and O–H groups in total. The normalized spacial score (nSPS) is 18.8. The van der Waals surface area contributed by atoms with Gasteiger partial charge < -0.3 is 9.64 Å². The van der Waals surface area contributed by atoms with E-state index in [-0.39, 0.29) is 5.92 Å². The third-order valence-corrected chi connectivity index (χ3v) is 1.53. The Balaban J connectivity index is 2.30. The zero-order chi connectivity index (χ0) is 9.35. The smallest absolute Gasteiger partial charge is 0.356 e. The summed E-state index contributed by atoms with van der Waals surface area (Å²) in [5.74, 6) is 0.269. The second kappa shape index (κ2) is 2.84. The van der Waals surface area contributed by atoms with Crippen molar-refractivity contribution in [3.8, 4) is 0 Å². The first-order chi connectivity index (χ1) is 5.38. The molecular formula is C6H8F3NO2. The van der Waals surface area contributed by atoms with Crippen LogP contribution in [0.4, 0.5) is 18.0 Å². The number of amides is 1. The standard InChI is InChI=1S/C6H8F3NO2/c1-4-2-10(3-4)5(11)12-6(7,8)9/h4H,2-3H2,1H3. The van der Waals surface area contributed by atoms with Gasteiger partial charge in [0.05, 0.1) is 0 Å². The van der Waals surface area contributed by atoms with E-state index in [9.17, 15) is 18.0 Å². The van der Waals surface area contributed by atoms with Crippen LogP contribution < -0.4 is 0 Å². The third-order valence-electron chi connectivity index (χ3n) is 1.53. The number of likely N-dealkylation sites (tertiary alicyclic amines) is 1. The maximum absolute atomic E-state index is 11.5. The predicted molar refractivity (Wildman–Crippen MR) is 33.3 cm³/mol. The van der Waals surface area contributed by atoms with Gasteiger partial charge in [0.1, 0.15) is 0 Å².